The van der Waals surface area contributed by atoms with E-state index in [-0.39, 0.29) is 12.0 Å². The average Bonchev–Trinajstić information content (AvgIpc) is 3.08. The molecule has 0 aromatic heterocycles. The van der Waals surface area contributed by atoms with Gasteiger partial charge in [0.15, 0.2) is 6.04 Å². The van der Waals surface area contributed by atoms with Crippen molar-refractivity contribution in [2.45, 2.75) is 51.4 Å². The van der Waals surface area contributed by atoms with Crippen LogP contribution in [0.2, 0.25) is 0 Å². The Kier molecular flexibility index (Phi) is 3.83. The predicted molar refractivity (Wildman–Crippen MR) is 78.2 cm³/mol. The molecule has 0 bridgehead atoms. The second kappa shape index (κ2) is 5.41. The topological polar surface area (TPSA) is 65.1 Å². The molecule has 2 heterocycles. The van der Waals surface area contributed by atoms with E-state index in [1.165, 1.54) is 18.4 Å². The van der Waals surface area contributed by atoms with E-state index >= 15 is 0 Å². The molecule has 6 nitrogen and oxygen atoms in total. The van der Waals surface area contributed by atoms with Crippen molar-refractivity contribution < 1.29 is 23.8 Å². The molecule has 22 heavy (non-hydrogen) atoms. The minimum Gasteiger partial charge on any atom is -0.467 e. The molecule has 3 aliphatic rings. The fourth-order valence-electron chi connectivity index (χ4n) is 3.66. The highest BCUT2D eigenvalue weighted by Crippen LogP contribution is 2.49. The molecule has 2 aliphatic heterocycles. The lowest BCUT2D eigenvalue weighted by Gasteiger charge is -2.28. The van der Waals surface area contributed by atoms with Crippen molar-refractivity contribution in [2.24, 2.45) is 17.8 Å². The Balaban J connectivity index is 1.79. The number of carbonyl (C=O) groups excluding carboxylic acids is 2. The van der Waals surface area contributed by atoms with E-state index < -0.39 is 23.7 Å². The van der Waals surface area contributed by atoms with E-state index in [0.29, 0.717) is 25.0 Å². The maximum atomic E-state index is 12.5. The number of amides is 1. The van der Waals surface area contributed by atoms with Crippen LogP contribution in [0.4, 0.5) is 4.79 Å². The summed E-state index contributed by atoms with van der Waals surface area (Å²) in [6.07, 6.45) is 1.49. The van der Waals surface area contributed by atoms with Crippen LogP contribution in [0.15, 0.2) is 0 Å². The van der Waals surface area contributed by atoms with Crippen LogP contribution in [0.3, 0.4) is 0 Å². The second-order valence-corrected chi connectivity index (χ2v) is 7.65. The monoisotopic (exact) mass is 311 g/mol. The number of rotatable bonds is 1. The van der Waals surface area contributed by atoms with Gasteiger partial charge in [0.1, 0.15) is 5.60 Å². The lowest BCUT2D eigenvalue weighted by Crippen LogP contribution is -2.48. The number of hydrogen-bond acceptors (Lipinski definition) is 5. The Hall–Kier alpha value is -1.30. The van der Waals surface area contributed by atoms with Crippen LogP contribution >= 0.6 is 0 Å². The van der Waals surface area contributed by atoms with Gasteiger partial charge in [0, 0.05) is 12.5 Å². The van der Waals surface area contributed by atoms with E-state index in [1.807, 2.05) is 20.8 Å². The Morgan fingerprint density at radius 1 is 1.14 bits per heavy atom. The summed E-state index contributed by atoms with van der Waals surface area (Å²) in [5.41, 5.74) is -0.592. The van der Waals surface area contributed by atoms with Crippen molar-refractivity contribution in [1.82, 2.24) is 4.90 Å². The van der Waals surface area contributed by atoms with E-state index in [2.05, 4.69) is 0 Å². The first-order valence-electron chi connectivity index (χ1n) is 7.99. The number of nitrogens with zero attached hydrogens (tertiary/aromatic N) is 1. The largest absolute Gasteiger partial charge is 0.467 e. The first kappa shape index (κ1) is 15.6. The van der Waals surface area contributed by atoms with Crippen LogP contribution in [0, 0.1) is 17.8 Å². The molecule has 0 N–H and O–H groups in total. The highest BCUT2D eigenvalue weighted by molar-refractivity contribution is 5.83. The fraction of sp³-hybridized carbons (Fsp3) is 0.875. The summed E-state index contributed by atoms with van der Waals surface area (Å²) in [4.78, 5) is 26.2. The molecule has 0 spiro atoms. The SMILES string of the molecule is COC(=O)[C@@H]1[C@@H]2OC[C@@H]3C[C@@H]3C[C@H]2CN1C(=O)OC(C)(C)C. The summed E-state index contributed by atoms with van der Waals surface area (Å²) in [7, 11) is 1.34. The van der Waals surface area contributed by atoms with E-state index in [9.17, 15) is 9.59 Å². The van der Waals surface area contributed by atoms with Gasteiger partial charge in [-0.3, -0.25) is 4.90 Å². The molecular weight excluding hydrogens is 286 g/mol. The smallest absolute Gasteiger partial charge is 0.411 e. The molecule has 124 valence electrons. The number of ether oxygens (including phenoxy) is 3. The summed E-state index contributed by atoms with van der Waals surface area (Å²) in [6.45, 7) is 6.64. The lowest BCUT2D eigenvalue weighted by molar-refractivity contribution is -0.150. The first-order chi connectivity index (χ1) is 10.3. The third kappa shape index (κ3) is 2.93. The van der Waals surface area contributed by atoms with Crippen LogP contribution in [0.25, 0.3) is 0 Å². The van der Waals surface area contributed by atoms with Crippen molar-refractivity contribution in [1.29, 1.82) is 0 Å². The van der Waals surface area contributed by atoms with Crippen molar-refractivity contribution in [3.05, 3.63) is 0 Å². The third-order valence-electron chi connectivity index (χ3n) is 4.79. The molecule has 0 aromatic carbocycles. The standard InChI is InChI=1S/C16H25NO5/c1-16(2,3)22-15(19)17-7-10-5-9-6-11(9)8-21-13(10)12(17)14(18)20-4/h9-13H,5-8H2,1-4H3/t9-,10-,11-,12-,13+/m0/s1. The van der Waals surface area contributed by atoms with E-state index in [4.69, 9.17) is 14.2 Å². The molecule has 1 saturated carbocycles. The molecular formula is C16H25NO5. The maximum absolute atomic E-state index is 12.5. The normalized spacial score (nSPS) is 36.9. The zero-order chi connectivity index (χ0) is 16.1. The Bertz CT molecular complexity index is 472. The van der Waals surface area contributed by atoms with Crippen LogP contribution in [-0.2, 0) is 19.0 Å². The van der Waals surface area contributed by atoms with Crippen molar-refractivity contribution in [2.75, 3.05) is 20.3 Å². The summed E-state index contributed by atoms with van der Waals surface area (Å²) < 4.78 is 16.3. The van der Waals surface area contributed by atoms with Crippen molar-refractivity contribution >= 4 is 12.1 Å². The predicted octanol–water partition coefficient (Wildman–Crippen LogP) is 1.82. The van der Waals surface area contributed by atoms with Gasteiger partial charge in [0.05, 0.1) is 19.8 Å². The Labute approximate surface area is 131 Å². The molecule has 5 atom stereocenters. The number of carbonyl (C=O) groups is 2. The van der Waals surface area contributed by atoms with Gasteiger partial charge in [-0.2, -0.15) is 0 Å². The minimum absolute atomic E-state index is 0.189. The molecule has 0 unspecified atom stereocenters. The number of methoxy groups -OCH3 is 1. The Morgan fingerprint density at radius 2 is 1.82 bits per heavy atom. The molecule has 3 fully saturated rings. The molecule has 6 heteroatoms. The summed E-state index contributed by atoms with van der Waals surface area (Å²) >= 11 is 0. The molecule has 0 aromatic rings. The zero-order valence-electron chi connectivity index (χ0n) is 13.7. The van der Waals surface area contributed by atoms with E-state index in [1.54, 1.807) is 0 Å². The van der Waals surface area contributed by atoms with Crippen LogP contribution < -0.4 is 0 Å². The summed E-state index contributed by atoms with van der Waals surface area (Å²) in [5.74, 6) is 1.09. The van der Waals surface area contributed by atoms with Crippen molar-refractivity contribution in [3.63, 3.8) is 0 Å². The van der Waals surface area contributed by atoms with Gasteiger partial charge >= 0.3 is 12.1 Å². The van der Waals surface area contributed by atoms with Gasteiger partial charge in [-0.1, -0.05) is 0 Å². The van der Waals surface area contributed by atoms with Crippen LogP contribution in [0.5, 0.6) is 0 Å². The maximum Gasteiger partial charge on any atom is 0.411 e. The molecule has 1 aliphatic carbocycles. The van der Waals surface area contributed by atoms with Crippen LogP contribution in [0.1, 0.15) is 33.6 Å². The Morgan fingerprint density at radius 3 is 2.45 bits per heavy atom. The fourth-order valence-corrected chi connectivity index (χ4v) is 3.66. The molecule has 2 saturated heterocycles. The average molecular weight is 311 g/mol. The quantitative estimate of drug-likeness (QED) is 0.691. The van der Waals surface area contributed by atoms with Gasteiger partial charge in [0.2, 0.25) is 0 Å². The lowest BCUT2D eigenvalue weighted by atomic mass is 9.96. The minimum atomic E-state index is -0.692. The van der Waals surface area contributed by atoms with Gasteiger partial charge in [-0.05, 0) is 45.4 Å². The third-order valence-corrected chi connectivity index (χ3v) is 4.79. The van der Waals surface area contributed by atoms with Crippen molar-refractivity contribution in [3.8, 4) is 0 Å². The van der Waals surface area contributed by atoms with Crippen LogP contribution in [-0.4, -0.2) is 55.0 Å². The first-order valence-corrected chi connectivity index (χ1v) is 7.99. The number of hydrogen-bond donors (Lipinski definition) is 0. The highest BCUT2D eigenvalue weighted by Gasteiger charge is 2.55. The van der Waals surface area contributed by atoms with Gasteiger partial charge in [0.25, 0.3) is 0 Å². The second-order valence-electron chi connectivity index (χ2n) is 7.65. The van der Waals surface area contributed by atoms with Gasteiger partial charge < -0.3 is 14.2 Å². The summed E-state index contributed by atoms with van der Waals surface area (Å²) in [6, 6.07) is -0.692. The van der Waals surface area contributed by atoms with Gasteiger partial charge in [-0.25, -0.2) is 9.59 Å². The number of esters is 1. The highest BCUT2D eigenvalue weighted by atomic mass is 16.6. The molecule has 0 radical (unpaired) electrons. The molecule has 1 amide bonds. The number of likely N-dealkylation sites (tertiary alicyclic amines) is 1. The van der Waals surface area contributed by atoms with Gasteiger partial charge in [-0.15, -0.1) is 0 Å². The van der Waals surface area contributed by atoms with E-state index in [0.717, 1.165) is 6.42 Å². The number of fused-ring (bicyclic) bond motifs is 2. The molecule has 3 rings (SSSR count). The summed E-state index contributed by atoms with van der Waals surface area (Å²) in [5, 5.41) is 0. The zero-order valence-corrected chi connectivity index (χ0v) is 13.7.